The molecule has 0 spiro atoms. The maximum Gasteiger partial charge on any atom is 0.224 e. The lowest BCUT2D eigenvalue weighted by Gasteiger charge is -2.34. The third-order valence-corrected chi connectivity index (χ3v) is 7.18. The molecule has 0 atom stereocenters. The molecule has 0 radical (unpaired) electrons. The first kappa shape index (κ1) is 21.6. The molecule has 1 aliphatic carbocycles. The van der Waals surface area contributed by atoms with Crippen molar-refractivity contribution in [3.8, 4) is 0 Å². The highest BCUT2D eigenvalue weighted by Gasteiger charge is 2.28. The first-order valence-corrected chi connectivity index (χ1v) is 12.1. The van der Waals surface area contributed by atoms with E-state index in [-0.39, 0.29) is 6.10 Å². The highest BCUT2D eigenvalue weighted by Crippen LogP contribution is 2.38. The molecular weight excluding hydrogens is 374 g/mol. The van der Waals surface area contributed by atoms with E-state index in [2.05, 4.69) is 52.9 Å². The Morgan fingerprint density at radius 2 is 1.87 bits per heavy atom. The molecule has 1 saturated heterocycles. The quantitative estimate of drug-likeness (QED) is 0.644. The monoisotopic (exact) mass is 413 g/mol. The summed E-state index contributed by atoms with van der Waals surface area (Å²) >= 11 is 0. The fraction of sp³-hybridized carbons (Fsp3) is 0.750. The fourth-order valence-corrected chi connectivity index (χ4v) is 5.18. The average Bonchev–Trinajstić information content (AvgIpc) is 3.13. The van der Waals surface area contributed by atoms with Crippen molar-refractivity contribution in [3.63, 3.8) is 0 Å². The number of unbranched alkanes of at least 4 members (excludes halogenated alkanes) is 1. The number of rotatable bonds is 7. The maximum absolute atomic E-state index is 9.98. The zero-order valence-electron chi connectivity index (χ0n) is 19.0. The summed E-state index contributed by atoms with van der Waals surface area (Å²) in [4.78, 5) is 12.2. The van der Waals surface area contributed by atoms with E-state index in [1.165, 1.54) is 36.9 Å². The molecule has 0 aromatic carbocycles. The predicted molar refractivity (Wildman–Crippen MR) is 123 cm³/mol. The van der Waals surface area contributed by atoms with Gasteiger partial charge in [0.1, 0.15) is 5.65 Å². The van der Waals surface area contributed by atoms with Crippen LogP contribution in [0.1, 0.15) is 89.7 Å². The van der Waals surface area contributed by atoms with Crippen molar-refractivity contribution in [3.05, 3.63) is 18.0 Å². The lowest BCUT2D eigenvalue weighted by molar-refractivity contribution is 0.111. The second-order valence-electron chi connectivity index (χ2n) is 9.57. The summed E-state index contributed by atoms with van der Waals surface area (Å²) in [6.07, 6.45) is 12.8. The zero-order chi connectivity index (χ0) is 21.1. The van der Waals surface area contributed by atoms with Crippen molar-refractivity contribution in [2.75, 3.05) is 25.0 Å². The summed E-state index contributed by atoms with van der Waals surface area (Å²) in [5, 5.41) is 14.6. The molecule has 2 N–H and O–H groups in total. The number of likely N-dealkylation sites (tertiary alicyclic amines) is 1. The van der Waals surface area contributed by atoms with E-state index in [0.717, 1.165) is 56.7 Å². The minimum absolute atomic E-state index is 0.135. The number of hydrogen-bond acceptors (Lipinski definition) is 5. The minimum atomic E-state index is -0.135. The van der Waals surface area contributed by atoms with Crippen LogP contribution in [-0.4, -0.2) is 56.3 Å². The van der Waals surface area contributed by atoms with Gasteiger partial charge < -0.3 is 19.9 Å². The zero-order valence-corrected chi connectivity index (χ0v) is 19.0. The van der Waals surface area contributed by atoms with Gasteiger partial charge >= 0.3 is 0 Å². The first-order chi connectivity index (χ1) is 14.6. The second-order valence-corrected chi connectivity index (χ2v) is 9.57. The fourth-order valence-electron chi connectivity index (χ4n) is 5.18. The summed E-state index contributed by atoms with van der Waals surface area (Å²) in [7, 11) is 0. The Hall–Kier alpha value is -1.66. The topological polar surface area (TPSA) is 66.2 Å². The molecule has 6 nitrogen and oxygen atoms in total. The highest BCUT2D eigenvalue weighted by molar-refractivity contribution is 5.81. The Kier molecular flexibility index (Phi) is 6.94. The van der Waals surface area contributed by atoms with Crippen molar-refractivity contribution in [2.24, 2.45) is 0 Å². The van der Waals surface area contributed by atoms with Crippen LogP contribution in [0.3, 0.4) is 0 Å². The third-order valence-electron chi connectivity index (χ3n) is 7.18. The number of nitrogens with zero attached hydrogens (tertiary/aromatic N) is 4. The molecular formula is C24H39N5O. The molecule has 2 aromatic heterocycles. The Balaban J connectivity index is 1.63. The molecule has 2 aliphatic rings. The van der Waals surface area contributed by atoms with Gasteiger partial charge in [-0.25, -0.2) is 4.98 Å². The van der Waals surface area contributed by atoms with E-state index in [0.29, 0.717) is 18.0 Å². The Morgan fingerprint density at radius 1 is 1.13 bits per heavy atom. The van der Waals surface area contributed by atoms with Crippen LogP contribution in [0.5, 0.6) is 0 Å². The van der Waals surface area contributed by atoms with E-state index < -0.39 is 0 Å². The maximum atomic E-state index is 9.98. The van der Waals surface area contributed by atoms with Crippen molar-refractivity contribution < 1.29 is 5.11 Å². The predicted octanol–water partition coefficient (Wildman–Crippen LogP) is 4.71. The number of piperidine rings is 1. The van der Waals surface area contributed by atoms with Crippen LogP contribution < -0.4 is 5.32 Å². The largest absolute Gasteiger partial charge is 0.393 e. The van der Waals surface area contributed by atoms with Crippen LogP contribution in [0.4, 0.5) is 5.95 Å². The number of hydrogen-bond donors (Lipinski definition) is 2. The van der Waals surface area contributed by atoms with E-state index in [9.17, 15) is 5.11 Å². The van der Waals surface area contributed by atoms with Crippen molar-refractivity contribution in [1.29, 1.82) is 0 Å². The molecule has 1 aliphatic heterocycles. The van der Waals surface area contributed by atoms with Crippen molar-refractivity contribution in [2.45, 2.75) is 96.2 Å². The standard InChI is InChI=1S/C24H39N5O/c1-4-5-12-25-24-26-15-21-22(18-10-13-28(14-11-18)17(2)3)16-29(23(21)27-24)19-6-8-20(30)9-7-19/h15-20,30H,4-14H2,1-3H3,(H,25,26,27)/t19-,20-. The van der Waals surface area contributed by atoms with E-state index in [1.807, 2.05) is 0 Å². The van der Waals surface area contributed by atoms with Gasteiger partial charge in [0, 0.05) is 36.4 Å². The highest BCUT2D eigenvalue weighted by atomic mass is 16.3. The minimum Gasteiger partial charge on any atom is -0.393 e. The summed E-state index contributed by atoms with van der Waals surface area (Å²) in [5.74, 6) is 1.33. The number of anilines is 1. The van der Waals surface area contributed by atoms with Gasteiger partial charge in [-0.1, -0.05) is 13.3 Å². The number of aromatic nitrogens is 3. The summed E-state index contributed by atoms with van der Waals surface area (Å²) < 4.78 is 2.41. The Bertz CT molecular complexity index is 816. The smallest absolute Gasteiger partial charge is 0.224 e. The van der Waals surface area contributed by atoms with Crippen LogP contribution in [0.2, 0.25) is 0 Å². The van der Waals surface area contributed by atoms with Crippen LogP contribution in [-0.2, 0) is 0 Å². The molecule has 4 rings (SSSR count). The lowest BCUT2D eigenvalue weighted by atomic mass is 9.89. The molecule has 2 aromatic rings. The van der Waals surface area contributed by atoms with E-state index in [1.54, 1.807) is 0 Å². The Morgan fingerprint density at radius 3 is 2.53 bits per heavy atom. The van der Waals surface area contributed by atoms with Gasteiger partial charge in [0.05, 0.1) is 6.10 Å². The second kappa shape index (κ2) is 9.65. The van der Waals surface area contributed by atoms with Crippen molar-refractivity contribution in [1.82, 2.24) is 19.4 Å². The average molecular weight is 414 g/mol. The molecule has 6 heteroatoms. The van der Waals surface area contributed by atoms with E-state index >= 15 is 0 Å². The number of nitrogens with one attached hydrogen (secondary N) is 1. The lowest BCUT2D eigenvalue weighted by Crippen LogP contribution is -2.37. The molecule has 0 unspecified atom stereocenters. The van der Waals surface area contributed by atoms with Crippen molar-refractivity contribution >= 4 is 17.0 Å². The molecule has 166 valence electrons. The SMILES string of the molecule is CCCCNc1ncc2c(C3CCN(C(C)C)CC3)cn([C@H]3CC[C@H](O)CC3)c2n1. The van der Waals surface area contributed by atoms with Gasteiger partial charge in [-0.3, -0.25) is 0 Å². The molecule has 0 amide bonds. The van der Waals surface area contributed by atoms with Gasteiger partial charge in [0.15, 0.2) is 0 Å². The van der Waals surface area contributed by atoms with Crippen LogP contribution in [0.15, 0.2) is 12.4 Å². The van der Waals surface area contributed by atoms with Crippen LogP contribution in [0.25, 0.3) is 11.0 Å². The number of aliphatic hydroxyl groups excluding tert-OH is 1. The molecule has 0 bridgehead atoms. The Labute approximate surface area is 181 Å². The normalized spacial score (nSPS) is 24.0. The molecule has 1 saturated carbocycles. The van der Waals surface area contributed by atoms with E-state index in [4.69, 9.17) is 4.98 Å². The molecule has 30 heavy (non-hydrogen) atoms. The van der Waals surface area contributed by atoms with Gasteiger partial charge in [-0.05, 0) is 83.4 Å². The summed E-state index contributed by atoms with van der Waals surface area (Å²) in [6, 6.07) is 1.06. The number of aliphatic hydroxyl groups is 1. The first-order valence-electron chi connectivity index (χ1n) is 12.1. The number of fused-ring (bicyclic) bond motifs is 1. The van der Waals surface area contributed by atoms with Gasteiger partial charge in [0.2, 0.25) is 5.95 Å². The van der Waals surface area contributed by atoms with Gasteiger partial charge in [-0.15, -0.1) is 0 Å². The van der Waals surface area contributed by atoms with Gasteiger partial charge in [-0.2, -0.15) is 4.98 Å². The van der Waals surface area contributed by atoms with Gasteiger partial charge in [0.25, 0.3) is 0 Å². The van der Waals surface area contributed by atoms with Crippen LogP contribution >= 0.6 is 0 Å². The third kappa shape index (κ3) is 4.65. The summed E-state index contributed by atoms with van der Waals surface area (Å²) in [6.45, 7) is 10.0. The summed E-state index contributed by atoms with van der Waals surface area (Å²) in [5.41, 5.74) is 2.51. The molecule has 2 fully saturated rings. The van der Waals surface area contributed by atoms with Crippen LogP contribution in [0, 0.1) is 0 Å². The molecule has 3 heterocycles.